The maximum Gasteiger partial charge on any atom is 0.143 e. The molecule has 3 nitrogen and oxygen atoms in total. The van der Waals surface area contributed by atoms with Gasteiger partial charge in [-0.05, 0) is 44.4 Å². The van der Waals surface area contributed by atoms with E-state index >= 15 is 0 Å². The number of ketones is 3. The van der Waals surface area contributed by atoms with Crippen LogP contribution in [0.5, 0.6) is 0 Å². The second-order valence-electron chi connectivity index (χ2n) is 6.65. The van der Waals surface area contributed by atoms with Gasteiger partial charge in [-0.3, -0.25) is 14.4 Å². The molecule has 112 valence electrons. The Bertz CT molecular complexity index is 375. The topological polar surface area (TPSA) is 51.2 Å². The number of hydrogen-bond acceptors (Lipinski definition) is 3. The van der Waals surface area contributed by atoms with E-state index < -0.39 is 0 Å². The normalized spacial score (nSPS) is 29.7. The van der Waals surface area contributed by atoms with Crippen LogP contribution in [-0.2, 0) is 14.4 Å². The maximum atomic E-state index is 12.2. The summed E-state index contributed by atoms with van der Waals surface area (Å²) in [5.74, 6) is 1.25. The van der Waals surface area contributed by atoms with Crippen molar-refractivity contribution in [3.05, 3.63) is 0 Å². The van der Waals surface area contributed by atoms with E-state index in [4.69, 9.17) is 0 Å². The van der Waals surface area contributed by atoms with Crippen molar-refractivity contribution in [1.82, 2.24) is 0 Å². The summed E-state index contributed by atoms with van der Waals surface area (Å²) in [4.78, 5) is 35.5. The number of carbonyl (C=O) groups excluding carboxylic acids is 3. The van der Waals surface area contributed by atoms with E-state index in [0.717, 1.165) is 38.5 Å². The molecule has 0 heterocycles. The minimum Gasteiger partial charge on any atom is -0.299 e. The fourth-order valence-electron chi connectivity index (χ4n) is 3.66. The van der Waals surface area contributed by atoms with E-state index in [0.29, 0.717) is 24.5 Å². The predicted molar refractivity (Wildman–Crippen MR) is 77.3 cm³/mol. The Morgan fingerprint density at radius 1 is 1.10 bits per heavy atom. The SMILES string of the molecule is CCC(C)C(=O)C1CCC(CC2C(=O)CCC2=O)CC1. The Kier molecular flexibility index (Phi) is 5.11. The van der Waals surface area contributed by atoms with Gasteiger partial charge in [-0.15, -0.1) is 0 Å². The van der Waals surface area contributed by atoms with Gasteiger partial charge in [-0.1, -0.05) is 13.8 Å². The van der Waals surface area contributed by atoms with E-state index in [2.05, 4.69) is 6.92 Å². The molecule has 0 bridgehead atoms. The molecule has 0 N–H and O–H groups in total. The lowest BCUT2D eigenvalue weighted by atomic mass is 9.74. The molecule has 0 aromatic rings. The van der Waals surface area contributed by atoms with Gasteiger partial charge in [0.25, 0.3) is 0 Å². The minimum absolute atomic E-state index is 0.146. The molecular weight excluding hydrogens is 252 g/mol. The zero-order chi connectivity index (χ0) is 14.7. The first-order valence-electron chi connectivity index (χ1n) is 8.12. The summed E-state index contributed by atoms with van der Waals surface area (Å²) in [7, 11) is 0. The zero-order valence-corrected chi connectivity index (χ0v) is 12.7. The molecule has 0 saturated heterocycles. The summed E-state index contributed by atoms with van der Waals surface area (Å²) in [6.07, 6.45) is 6.46. The molecule has 1 unspecified atom stereocenters. The third-order valence-corrected chi connectivity index (χ3v) is 5.31. The third kappa shape index (κ3) is 3.36. The van der Waals surface area contributed by atoms with Crippen LogP contribution < -0.4 is 0 Å². The van der Waals surface area contributed by atoms with E-state index in [1.54, 1.807) is 0 Å². The Balaban J connectivity index is 1.81. The van der Waals surface area contributed by atoms with Gasteiger partial charge in [0.15, 0.2) is 0 Å². The summed E-state index contributed by atoms with van der Waals surface area (Å²) in [6.45, 7) is 4.08. The largest absolute Gasteiger partial charge is 0.299 e. The first-order valence-corrected chi connectivity index (χ1v) is 8.12. The van der Waals surface area contributed by atoms with Gasteiger partial charge in [0.2, 0.25) is 0 Å². The quantitative estimate of drug-likeness (QED) is 0.725. The standard InChI is InChI=1S/C17H26O3/c1-3-11(2)17(20)13-6-4-12(5-7-13)10-14-15(18)8-9-16(14)19/h11-14H,3-10H2,1-2H3. The number of rotatable bonds is 5. The second kappa shape index (κ2) is 6.64. The molecule has 0 aromatic heterocycles. The van der Waals surface area contributed by atoms with Crippen LogP contribution in [0.2, 0.25) is 0 Å². The molecule has 2 aliphatic carbocycles. The van der Waals surface area contributed by atoms with Crippen LogP contribution in [-0.4, -0.2) is 17.3 Å². The molecule has 0 spiro atoms. The monoisotopic (exact) mass is 278 g/mol. The average molecular weight is 278 g/mol. The summed E-state index contributed by atoms with van der Waals surface area (Å²) in [5.41, 5.74) is 0. The van der Waals surface area contributed by atoms with Crippen molar-refractivity contribution in [2.45, 2.75) is 65.2 Å². The maximum absolute atomic E-state index is 12.2. The number of carbonyl (C=O) groups is 3. The summed E-state index contributed by atoms with van der Waals surface area (Å²) < 4.78 is 0. The van der Waals surface area contributed by atoms with Crippen molar-refractivity contribution in [3.63, 3.8) is 0 Å². The molecule has 0 radical (unpaired) electrons. The number of Topliss-reactive ketones (excluding diaryl/α,β-unsaturated/α-hetero) is 3. The Morgan fingerprint density at radius 3 is 2.15 bits per heavy atom. The van der Waals surface area contributed by atoms with Gasteiger partial charge in [0.1, 0.15) is 17.3 Å². The summed E-state index contributed by atoms with van der Waals surface area (Å²) in [6, 6.07) is 0. The van der Waals surface area contributed by atoms with E-state index in [-0.39, 0.29) is 29.3 Å². The average Bonchev–Trinajstić information content (AvgIpc) is 2.78. The highest BCUT2D eigenvalue weighted by molar-refractivity contribution is 6.08. The molecule has 2 aliphatic rings. The first-order chi connectivity index (χ1) is 9.52. The zero-order valence-electron chi connectivity index (χ0n) is 12.7. The van der Waals surface area contributed by atoms with E-state index in [9.17, 15) is 14.4 Å². The van der Waals surface area contributed by atoms with Crippen LogP contribution in [0.15, 0.2) is 0 Å². The predicted octanol–water partition coefficient (Wildman–Crippen LogP) is 3.35. The molecule has 0 amide bonds. The fraction of sp³-hybridized carbons (Fsp3) is 0.824. The number of hydrogen-bond donors (Lipinski definition) is 0. The van der Waals surface area contributed by atoms with Crippen LogP contribution in [0.4, 0.5) is 0 Å². The fourth-order valence-corrected chi connectivity index (χ4v) is 3.66. The van der Waals surface area contributed by atoms with Gasteiger partial charge in [-0.2, -0.15) is 0 Å². The van der Waals surface area contributed by atoms with Crippen LogP contribution in [0, 0.1) is 23.7 Å². The van der Waals surface area contributed by atoms with Crippen molar-refractivity contribution in [3.8, 4) is 0 Å². The highest BCUT2D eigenvalue weighted by Crippen LogP contribution is 2.36. The lowest BCUT2D eigenvalue weighted by Gasteiger charge is -2.30. The molecule has 2 rings (SSSR count). The van der Waals surface area contributed by atoms with E-state index in [1.807, 2.05) is 6.92 Å². The van der Waals surface area contributed by atoms with Crippen molar-refractivity contribution in [2.24, 2.45) is 23.7 Å². The van der Waals surface area contributed by atoms with E-state index in [1.165, 1.54) is 0 Å². The Hall–Kier alpha value is -0.990. The molecule has 20 heavy (non-hydrogen) atoms. The Labute approximate surface area is 121 Å². The summed E-state index contributed by atoms with van der Waals surface area (Å²) >= 11 is 0. The minimum atomic E-state index is -0.318. The van der Waals surface area contributed by atoms with Crippen molar-refractivity contribution in [1.29, 1.82) is 0 Å². The van der Waals surface area contributed by atoms with Crippen LogP contribution in [0.25, 0.3) is 0 Å². The molecule has 0 aliphatic heterocycles. The van der Waals surface area contributed by atoms with Crippen LogP contribution >= 0.6 is 0 Å². The van der Waals surface area contributed by atoms with Gasteiger partial charge >= 0.3 is 0 Å². The van der Waals surface area contributed by atoms with Gasteiger partial charge in [-0.25, -0.2) is 0 Å². The molecule has 0 aromatic carbocycles. The third-order valence-electron chi connectivity index (χ3n) is 5.31. The molecule has 3 heteroatoms. The van der Waals surface area contributed by atoms with Crippen LogP contribution in [0.1, 0.15) is 65.2 Å². The highest BCUT2D eigenvalue weighted by atomic mass is 16.2. The molecular formula is C17H26O3. The highest BCUT2D eigenvalue weighted by Gasteiger charge is 2.36. The summed E-state index contributed by atoms with van der Waals surface area (Å²) in [5, 5.41) is 0. The van der Waals surface area contributed by atoms with Gasteiger partial charge < -0.3 is 0 Å². The smallest absolute Gasteiger partial charge is 0.143 e. The van der Waals surface area contributed by atoms with Crippen molar-refractivity contribution < 1.29 is 14.4 Å². The molecule has 2 fully saturated rings. The lowest BCUT2D eigenvalue weighted by Crippen LogP contribution is -2.28. The second-order valence-corrected chi connectivity index (χ2v) is 6.65. The lowest BCUT2D eigenvalue weighted by molar-refractivity contribution is -0.130. The Morgan fingerprint density at radius 2 is 1.65 bits per heavy atom. The van der Waals surface area contributed by atoms with Gasteiger partial charge in [0, 0.05) is 24.7 Å². The van der Waals surface area contributed by atoms with Crippen molar-refractivity contribution in [2.75, 3.05) is 0 Å². The van der Waals surface area contributed by atoms with Gasteiger partial charge in [0.05, 0.1) is 5.92 Å². The molecule has 1 atom stereocenters. The van der Waals surface area contributed by atoms with Crippen LogP contribution in [0.3, 0.4) is 0 Å². The van der Waals surface area contributed by atoms with Crippen molar-refractivity contribution >= 4 is 17.3 Å². The molecule has 2 saturated carbocycles. The first kappa shape index (κ1) is 15.4.